The van der Waals surface area contributed by atoms with Gasteiger partial charge in [0.25, 0.3) is 0 Å². The highest BCUT2D eigenvalue weighted by Crippen LogP contribution is 2.42. The fraction of sp³-hybridized carbons (Fsp3) is 0.500. The van der Waals surface area contributed by atoms with Gasteiger partial charge in [0, 0.05) is 6.42 Å². The maximum atomic E-state index is 5.27. The molecule has 13 heavy (non-hydrogen) atoms. The van der Waals surface area contributed by atoms with Gasteiger partial charge in [0.2, 0.25) is 0 Å². The lowest BCUT2D eigenvalue weighted by atomic mass is 10.00. The van der Waals surface area contributed by atoms with Crippen molar-refractivity contribution in [3.8, 4) is 0 Å². The molecule has 0 amide bonds. The lowest BCUT2D eigenvalue weighted by Crippen LogP contribution is -1.97. The summed E-state index contributed by atoms with van der Waals surface area (Å²) in [4.78, 5) is 0. The minimum absolute atomic E-state index is 0.528. The van der Waals surface area contributed by atoms with Gasteiger partial charge in [0.1, 0.15) is 0 Å². The molecule has 0 aromatic heterocycles. The molecule has 2 fully saturated rings. The smallest absolute Gasteiger partial charge is 0.0850 e. The largest absolute Gasteiger partial charge is 0.373 e. The lowest BCUT2D eigenvalue weighted by molar-refractivity contribution is 0.407. The van der Waals surface area contributed by atoms with Crippen LogP contribution in [0.2, 0.25) is 0 Å². The second-order valence-corrected chi connectivity index (χ2v) is 4.13. The van der Waals surface area contributed by atoms with Crippen LogP contribution in [0.4, 0.5) is 0 Å². The van der Waals surface area contributed by atoms with Crippen LogP contribution in [-0.2, 0) is 11.2 Å². The molecule has 0 radical (unpaired) electrons. The van der Waals surface area contributed by atoms with E-state index in [1.54, 1.807) is 5.56 Å². The monoisotopic (exact) mass is 174 g/mol. The van der Waals surface area contributed by atoms with Crippen LogP contribution >= 0.6 is 0 Å². The van der Waals surface area contributed by atoms with Crippen LogP contribution in [0.1, 0.15) is 29.9 Å². The molecule has 1 saturated heterocycles. The van der Waals surface area contributed by atoms with Gasteiger partial charge in [-0.3, -0.25) is 0 Å². The average Bonchev–Trinajstić information content (AvgIpc) is 3.00. The van der Waals surface area contributed by atoms with Crippen LogP contribution in [0.25, 0.3) is 0 Å². The molecule has 1 aliphatic carbocycles. The second kappa shape index (κ2) is 2.85. The fourth-order valence-corrected chi connectivity index (χ4v) is 1.94. The third-order valence-electron chi connectivity index (χ3n) is 2.92. The molecule has 0 N–H and O–H groups in total. The van der Waals surface area contributed by atoms with Crippen molar-refractivity contribution in [3.05, 3.63) is 35.4 Å². The van der Waals surface area contributed by atoms with E-state index in [1.165, 1.54) is 18.4 Å². The molecule has 3 rings (SSSR count). The van der Waals surface area contributed by atoms with E-state index in [2.05, 4.69) is 24.3 Å². The first-order valence-electron chi connectivity index (χ1n) is 5.13. The molecule has 0 bridgehead atoms. The van der Waals surface area contributed by atoms with Gasteiger partial charge in [-0.2, -0.15) is 0 Å². The minimum Gasteiger partial charge on any atom is -0.373 e. The first-order valence-corrected chi connectivity index (χ1v) is 5.13. The van der Waals surface area contributed by atoms with Crippen LogP contribution < -0.4 is 0 Å². The molecule has 0 spiro atoms. The Morgan fingerprint density at radius 2 is 2.00 bits per heavy atom. The molecular weight excluding hydrogens is 160 g/mol. The van der Waals surface area contributed by atoms with Crippen molar-refractivity contribution in [2.24, 2.45) is 0 Å². The number of hydrogen-bond donors (Lipinski definition) is 0. The number of ether oxygens (including phenoxy) is 1. The van der Waals surface area contributed by atoms with E-state index in [-0.39, 0.29) is 0 Å². The summed E-state index contributed by atoms with van der Waals surface area (Å²) in [6.45, 7) is 0.971. The predicted molar refractivity (Wildman–Crippen MR) is 51.9 cm³/mol. The molecule has 1 saturated carbocycles. The zero-order chi connectivity index (χ0) is 8.67. The van der Waals surface area contributed by atoms with Crippen molar-refractivity contribution in [2.75, 3.05) is 6.61 Å². The van der Waals surface area contributed by atoms with Crippen LogP contribution in [0.3, 0.4) is 0 Å². The van der Waals surface area contributed by atoms with E-state index in [0.717, 1.165) is 18.9 Å². The normalized spacial score (nSPS) is 26.0. The number of epoxide rings is 1. The van der Waals surface area contributed by atoms with Crippen molar-refractivity contribution < 1.29 is 4.74 Å². The van der Waals surface area contributed by atoms with E-state index in [1.807, 2.05) is 0 Å². The predicted octanol–water partition coefficient (Wildman–Crippen LogP) is 2.51. The summed E-state index contributed by atoms with van der Waals surface area (Å²) in [6, 6.07) is 8.85. The van der Waals surface area contributed by atoms with Crippen LogP contribution in [0, 0.1) is 0 Å². The second-order valence-electron chi connectivity index (χ2n) is 4.13. The summed E-state index contributed by atoms with van der Waals surface area (Å²) in [5.41, 5.74) is 3.10. The summed E-state index contributed by atoms with van der Waals surface area (Å²) in [6.07, 6.45) is 4.44. The Morgan fingerprint density at radius 3 is 2.69 bits per heavy atom. The summed E-state index contributed by atoms with van der Waals surface area (Å²) in [5.74, 6) is 0.870. The molecule has 1 aromatic rings. The SMILES string of the molecule is c1ccc(C2CC2)c(CC2CO2)c1. The van der Waals surface area contributed by atoms with E-state index in [9.17, 15) is 0 Å². The fourth-order valence-electron chi connectivity index (χ4n) is 1.94. The molecule has 68 valence electrons. The van der Waals surface area contributed by atoms with Crippen molar-refractivity contribution in [3.63, 3.8) is 0 Å². The molecule has 1 aromatic carbocycles. The van der Waals surface area contributed by atoms with Gasteiger partial charge in [0.15, 0.2) is 0 Å². The molecule has 1 atom stereocenters. The van der Waals surface area contributed by atoms with Crippen molar-refractivity contribution in [1.82, 2.24) is 0 Å². The Hall–Kier alpha value is -0.820. The Labute approximate surface area is 78.7 Å². The lowest BCUT2D eigenvalue weighted by Gasteiger charge is -2.05. The van der Waals surface area contributed by atoms with E-state index in [0.29, 0.717) is 6.10 Å². The highest BCUT2D eigenvalue weighted by atomic mass is 16.6. The van der Waals surface area contributed by atoms with Gasteiger partial charge >= 0.3 is 0 Å². The van der Waals surface area contributed by atoms with E-state index < -0.39 is 0 Å². The summed E-state index contributed by atoms with van der Waals surface area (Å²) < 4.78 is 5.27. The van der Waals surface area contributed by atoms with Gasteiger partial charge in [-0.25, -0.2) is 0 Å². The molecule has 1 aliphatic heterocycles. The van der Waals surface area contributed by atoms with Gasteiger partial charge in [-0.1, -0.05) is 24.3 Å². The van der Waals surface area contributed by atoms with E-state index in [4.69, 9.17) is 4.74 Å². The zero-order valence-corrected chi connectivity index (χ0v) is 7.70. The summed E-state index contributed by atoms with van der Waals surface area (Å²) in [5, 5.41) is 0. The molecular formula is C12H14O. The van der Waals surface area contributed by atoms with Crippen LogP contribution in [-0.4, -0.2) is 12.7 Å². The summed E-state index contributed by atoms with van der Waals surface area (Å²) >= 11 is 0. The molecule has 1 heteroatoms. The van der Waals surface area contributed by atoms with Crippen molar-refractivity contribution in [2.45, 2.75) is 31.3 Å². The number of hydrogen-bond acceptors (Lipinski definition) is 1. The van der Waals surface area contributed by atoms with Gasteiger partial charge < -0.3 is 4.74 Å². The maximum absolute atomic E-state index is 5.27. The third kappa shape index (κ3) is 1.61. The topological polar surface area (TPSA) is 12.5 Å². The molecule has 1 nitrogen and oxygen atoms in total. The average molecular weight is 174 g/mol. The van der Waals surface area contributed by atoms with Gasteiger partial charge in [-0.05, 0) is 29.9 Å². The maximum Gasteiger partial charge on any atom is 0.0850 e. The number of rotatable bonds is 3. The molecule has 2 aliphatic rings. The van der Waals surface area contributed by atoms with E-state index >= 15 is 0 Å². The standard InChI is InChI=1S/C12H14O/c1-2-4-12(9-5-6-9)10(3-1)7-11-8-13-11/h1-4,9,11H,5-8H2. The Morgan fingerprint density at radius 1 is 1.23 bits per heavy atom. The molecule has 1 heterocycles. The Kier molecular flexibility index (Phi) is 1.66. The first-order chi connectivity index (χ1) is 6.43. The van der Waals surface area contributed by atoms with Gasteiger partial charge in [0.05, 0.1) is 12.7 Å². The Bertz CT molecular complexity index is 311. The molecule has 1 unspecified atom stereocenters. The highest BCUT2D eigenvalue weighted by Gasteiger charge is 2.29. The third-order valence-corrected chi connectivity index (χ3v) is 2.92. The van der Waals surface area contributed by atoms with Gasteiger partial charge in [-0.15, -0.1) is 0 Å². The summed E-state index contributed by atoms with van der Waals surface area (Å²) in [7, 11) is 0. The quantitative estimate of drug-likeness (QED) is 0.641. The van der Waals surface area contributed by atoms with Crippen molar-refractivity contribution in [1.29, 1.82) is 0 Å². The Balaban J connectivity index is 1.86. The van der Waals surface area contributed by atoms with Crippen LogP contribution in [0.5, 0.6) is 0 Å². The minimum atomic E-state index is 0.528. The zero-order valence-electron chi connectivity index (χ0n) is 7.70. The van der Waals surface area contributed by atoms with Crippen molar-refractivity contribution >= 4 is 0 Å². The first kappa shape index (κ1) is 7.57. The van der Waals surface area contributed by atoms with Crippen LogP contribution in [0.15, 0.2) is 24.3 Å². The number of benzene rings is 1. The highest BCUT2D eigenvalue weighted by molar-refractivity contribution is 5.33.